The minimum Gasteiger partial charge on any atom is -0.212 e. The zero-order valence-electron chi connectivity index (χ0n) is 8.36. The number of fused-ring (bicyclic) bond motifs is 1. The third-order valence-electron chi connectivity index (χ3n) is 3.05. The van der Waals surface area contributed by atoms with Crippen molar-refractivity contribution < 1.29 is 0 Å². The molecule has 1 aliphatic rings. The number of aromatic nitrogens is 3. The third kappa shape index (κ3) is 1.51. The molecule has 0 unspecified atom stereocenters. The van der Waals surface area contributed by atoms with Gasteiger partial charge in [0.25, 0.3) is 0 Å². The number of rotatable bonds is 1. The largest absolute Gasteiger partial charge is 0.212 e. The van der Waals surface area contributed by atoms with E-state index in [1.165, 1.54) is 25.7 Å². The van der Waals surface area contributed by atoms with Gasteiger partial charge >= 0.3 is 0 Å². The summed E-state index contributed by atoms with van der Waals surface area (Å²) in [6.45, 7) is 0. The van der Waals surface area contributed by atoms with Crippen molar-refractivity contribution in [3.05, 3.63) is 29.2 Å². The molecule has 2 aromatic heterocycles. The summed E-state index contributed by atoms with van der Waals surface area (Å²) in [5, 5.41) is 5.10. The normalized spacial score (nSPS) is 17.7. The summed E-state index contributed by atoms with van der Waals surface area (Å²) >= 11 is 6.04. The molecule has 1 aliphatic carbocycles. The number of pyridine rings is 1. The summed E-state index contributed by atoms with van der Waals surface area (Å²) in [5.74, 6) is 1.50. The van der Waals surface area contributed by atoms with Crippen LogP contribution in [0.2, 0.25) is 5.15 Å². The first-order valence-electron chi connectivity index (χ1n) is 5.36. The van der Waals surface area contributed by atoms with E-state index in [4.69, 9.17) is 11.6 Å². The van der Waals surface area contributed by atoms with E-state index in [0.29, 0.717) is 11.1 Å². The second-order valence-corrected chi connectivity index (χ2v) is 4.46. The van der Waals surface area contributed by atoms with Crippen molar-refractivity contribution in [2.45, 2.75) is 31.6 Å². The maximum atomic E-state index is 6.04. The smallest absolute Gasteiger partial charge is 0.157 e. The maximum Gasteiger partial charge on any atom is 0.157 e. The van der Waals surface area contributed by atoms with Crippen LogP contribution in [0, 0.1) is 0 Å². The molecule has 0 atom stereocenters. The molecule has 4 heteroatoms. The Hall–Kier alpha value is -1.09. The Balaban J connectivity index is 2.09. The molecule has 78 valence electrons. The van der Waals surface area contributed by atoms with Gasteiger partial charge in [-0.1, -0.05) is 30.5 Å². The first kappa shape index (κ1) is 9.16. The van der Waals surface area contributed by atoms with Crippen LogP contribution in [0.1, 0.15) is 37.4 Å². The van der Waals surface area contributed by atoms with Crippen molar-refractivity contribution >= 4 is 17.2 Å². The van der Waals surface area contributed by atoms with Crippen LogP contribution in [-0.4, -0.2) is 14.6 Å². The molecule has 1 fully saturated rings. The van der Waals surface area contributed by atoms with Crippen LogP contribution in [-0.2, 0) is 0 Å². The number of hydrogen-bond acceptors (Lipinski definition) is 2. The number of halogens is 1. The van der Waals surface area contributed by atoms with Gasteiger partial charge in [-0.15, -0.1) is 5.10 Å². The first-order chi connectivity index (χ1) is 7.34. The molecular weight excluding hydrogens is 210 g/mol. The van der Waals surface area contributed by atoms with E-state index < -0.39 is 0 Å². The lowest BCUT2D eigenvalue weighted by molar-refractivity contribution is 0.666. The molecule has 3 rings (SSSR count). The molecule has 0 saturated heterocycles. The van der Waals surface area contributed by atoms with Gasteiger partial charge in [0.15, 0.2) is 11.5 Å². The van der Waals surface area contributed by atoms with Crippen molar-refractivity contribution in [2.24, 2.45) is 0 Å². The van der Waals surface area contributed by atoms with Gasteiger partial charge in [0, 0.05) is 5.92 Å². The predicted molar refractivity (Wildman–Crippen MR) is 59.2 cm³/mol. The molecular formula is C11H12ClN3. The van der Waals surface area contributed by atoms with Crippen LogP contribution in [0.25, 0.3) is 5.65 Å². The van der Waals surface area contributed by atoms with Gasteiger partial charge in [-0.05, 0) is 25.0 Å². The molecule has 0 N–H and O–H groups in total. The fourth-order valence-electron chi connectivity index (χ4n) is 2.25. The third-order valence-corrected chi connectivity index (χ3v) is 3.34. The molecule has 0 radical (unpaired) electrons. The summed E-state index contributed by atoms with van der Waals surface area (Å²) in [5.41, 5.74) is 0.851. The van der Waals surface area contributed by atoms with Crippen LogP contribution < -0.4 is 0 Å². The van der Waals surface area contributed by atoms with E-state index in [1.54, 1.807) is 4.52 Å². The molecule has 0 aromatic carbocycles. The second-order valence-electron chi connectivity index (χ2n) is 4.07. The topological polar surface area (TPSA) is 30.2 Å². The van der Waals surface area contributed by atoms with Crippen LogP contribution >= 0.6 is 11.6 Å². The Morgan fingerprint density at radius 2 is 2.07 bits per heavy atom. The standard InChI is InChI=1S/C11H12ClN3/c12-9-6-3-7-10-13-11(14-15(9)10)8-4-1-2-5-8/h3,6-8H,1-2,4-5H2. The van der Waals surface area contributed by atoms with Gasteiger partial charge in [0.2, 0.25) is 0 Å². The highest BCUT2D eigenvalue weighted by atomic mass is 35.5. The average Bonchev–Trinajstić information content (AvgIpc) is 2.86. The van der Waals surface area contributed by atoms with Crippen molar-refractivity contribution in [3.8, 4) is 0 Å². The molecule has 0 aliphatic heterocycles. The van der Waals surface area contributed by atoms with Crippen molar-refractivity contribution in [2.75, 3.05) is 0 Å². The Morgan fingerprint density at radius 3 is 2.80 bits per heavy atom. The lowest BCUT2D eigenvalue weighted by atomic mass is 10.1. The van der Waals surface area contributed by atoms with Gasteiger partial charge < -0.3 is 0 Å². The predicted octanol–water partition coefficient (Wildman–Crippen LogP) is 3.04. The molecule has 15 heavy (non-hydrogen) atoms. The molecule has 0 bridgehead atoms. The summed E-state index contributed by atoms with van der Waals surface area (Å²) in [7, 11) is 0. The zero-order chi connectivity index (χ0) is 10.3. The lowest BCUT2D eigenvalue weighted by Gasteiger charge is -2.00. The lowest BCUT2D eigenvalue weighted by Crippen LogP contribution is -1.96. The molecule has 3 nitrogen and oxygen atoms in total. The minimum absolute atomic E-state index is 0.543. The highest BCUT2D eigenvalue weighted by molar-refractivity contribution is 6.29. The van der Waals surface area contributed by atoms with E-state index in [-0.39, 0.29) is 0 Å². The maximum absolute atomic E-state index is 6.04. The first-order valence-corrected chi connectivity index (χ1v) is 5.73. The van der Waals surface area contributed by atoms with Gasteiger partial charge in [-0.25, -0.2) is 9.50 Å². The zero-order valence-corrected chi connectivity index (χ0v) is 9.11. The van der Waals surface area contributed by atoms with E-state index in [9.17, 15) is 0 Å². The highest BCUT2D eigenvalue weighted by Crippen LogP contribution is 2.32. The molecule has 0 amide bonds. The average molecular weight is 222 g/mol. The molecule has 2 heterocycles. The summed E-state index contributed by atoms with van der Waals surface area (Å²) in [6, 6.07) is 5.68. The van der Waals surface area contributed by atoms with Crippen LogP contribution in [0.4, 0.5) is 0 Å². The summed E-state index contributed by atoms with van der Waals surface area (Å²) in [4.78, 5) is 4.52. The van der Waals surface area contributed by atoms with Gasteiger partial charge in [-0.2, -0.15) is 0 Å². The molecule has 2 aromatic rings. The Kier molecular flexibility index (Phi) is 2.13. The fourth-order valence-corrected chi connectivity index (χ4v) is 2.44. The van der Waals surface area contributed by atoms with Crippen LogP contribution in [0.15, 0.2) is 18.2 Å². The second kappa shape index (κ2) is 3.49. The van der Waals surface area contributed by atoms with Crippen molar-refractivity contribution in [1.82, 2.24) is 14.6 Å². The van der Waals surface area contributed by atoms with E-state index in [1.807, 2.05) is 18.2 Å². The Labute approximate surface area is 93.1 Å². The Morgan fingerprint density at radius 1 is 1.27 bits per heavy atom. The highest BCUT2D eigenvalue weighted by Gasteiger charge is 2.21. The van der Waals surface area contributed by atoms with Crippen LogP contribution in [0.5, 0.6) is 0 Å². The van der Waals surface area contributed by atoms with E-state index >= 15 is 0 Å². The van der Waals surface area contributed by atoms with Gasteiger partial charge in [0.05, 0.1) is 0 Å². The SMILES string of the molecule is Clc1cccc2nc(C3CCCC3)nn12. The summed E-state index contributed by atoms with van der Waals surface area (Å²) in [6.07, 6.45) is 5.03. The monoisotopic (exact) mass is 221 g/mol. The fraction of sp³-hybridized carbons (Fsp3) is 0.455. The number of nitrogens with zero attached hydrogens (tertiary/aromatic N) is 3. The van der Waals surface area contributed by atoms with E-state index in [2.05, 4.69) is 10.1 Å². The van der Waals surface area contributed by atoms with E-state index in [0.717, 1.165) is 11.5 Å². The van der Waals surface area contributed by atoms with Crippen molar-refractivity contribution in [3.63, 3.8) is 0 Å². The summed E-state index contributed by atoms with van der Waals surface area (Å²) < 4.78 is 1.72. The quantitative estimate of drug-likeness (QED) is 0.693. The van der Waals surface area contributed by atoms with Gasteiger partial charge in [-0.3, -0.25) is 0 Å². The van der Waals surface area contributed by atoms with Crippen LogP contribution in [0.3, 0.4) is 0 Å². The molecule has 0 spiro atoms. The molecule has 1 saturated carbocycles. The van der Waals surface area contributed by atoms with Gasteiger partial charge in [0.1, 0.15) is 5.15 Å². The van der Waals surface area contributed by atoms with Crippen molar-refractivity contribution in [1.29, 1.82) is 0 Å². The Bertz CT molecular complexity index is 486. The number of hydrogen-bond donors (Lipinski definition) is 0. The minimum atomic E-state index is 0.543.